The van der Waals surface area contributed by atoms with Crippen LogP contribution >= 0.6 is 21.6 Å². The molecule has 1 heterocycles. The van der Waals surface area contributed by atoms with E-state index in [1.54, 1.807) is 26.5 Å². The number of nitrogens with zero attached hydrogens (tertiary/aromatic N) is 2. The first-order valence-electron chi connectivity index (χ1n) is 6.33. The lowest BCUT2D eigenvalue weighted by Gasteiger charge is -2.33. The van der Waals surface area contributed by atoms with Crippen molar-refractivity contribution in [1.82, 2.24) is 9.80 Å². The Bertz CT molecular complexity index is 329. The SMILES string of the molecule is CSSC(C)(C)CCC(=O)N1CCN(C(=O)O)CC1. The minimum absolute atomic E-state index is 0.0952. The van der Waals surface area contributed by atoms with E-state index in [-0.39, 0.29) is 10.7 Å². The fourth-order valence-electron chi connectivity index (χ4n) is 1.98. The van der Waals surface area contributed by atoms with Crippen molar-refractivity contribution in [3.05, 3.63) is 0 Å². The third kappa shape index (κ3) is 5.52. The molecule has 1 rings (SSSR count). The second-order valence-electron chi connectivity index (χ2n) is 5.16. The molecule has 1 aliphatic rings. The van der Waals surface area contributed by atoms with Gasteiger partial charge in [0.05, 0.1) is 0 Å². The molecule has 1 aliphatic heterocycles. The molecule has 0 spiro atoms. The van der Waals surface area contributed by atoms with Crippen molar-refractivity contribution >= 4 is 33.6 Å². The molecular weight excluding hydrogens is 284 g/mol. The van der Waals surface area contributed by atoms with E-state index in [4.69, 9.17) is 5.11 Å². The van der Waals surface area contributed by atoms with Crippen LogP contribution in [0.2, 0.25) is 0 Å². The summed E-state index contributed by atoms with van der Waals surface area (Å²) in [5.41, 5.74) is 0. The summed E-state index contributed by atoms with van der Waals surface area (Å²) < 4.78 is 0.0952. The topological polar surface area (TPSA) is 60.9 Å². The van der Waals surface area contributed by atoms with Crippen LogP contribution < -0.4 is 0 Å². The summed E-state index contributed by atoms with van der Waals surface area (Å²) in [5, 5.41) is 8.85. The van der Waals surface area contributed by atoms with Crippen LogP contribution in [0, 0.1) is 0 Å². The lowest BCUT2D eigenvalue weighted by molar-refractivity contribution is -0.132. The number of carboxylic acid groups (broad SMARTS) is 1. The summed E-state index contributed by atoms with van der Waals surface area (Å²) in [5.74, 6) is 0.139. The zero-order chi connectivity index (χ0) is 14.5. The number of carbonyl (C=O) groups is 2. The van der Waals surface area contributed by atoms with E-state index in [1.165, 1.54) is 4.90 Å². The molecule has 0 bridgehead atoms. The summed E-state index contributed by atoms with van der Waals surface area (Å²) in [6, 6.07) is 0. The molecule has 0 aromatic heterocycles. The first-order valence-corrected chi connectivity index (χ1v) is 8.89. The van der Waals surface area contributed by atoms with Gasteiger partial charge in [0, 0.05) is 37.3 Å². The maximum absolute atomic E-state index is 12.1. The van der Waals surface area contributed by atoms with Gasteiger partial charge in [-0.2, -0.15) is 0 Å². The van der Waals surface area contributed by atoms with Gasteiger partial charge >= 0.3 is 6.09 Å². The Morgan fingerprint density at radius 3 is 2.16 bits per heavy atom. The van der Waals surface area contributed by atoms with Crippen LogP contribution in [0.4, 0.5) is 4.79 Å². The molecule has 19 heavy (non-hydrogen) atoms. The molecule has 1 N–H and O–H groups in total. The van der Waals surface area contributed by atoms with Crippen molar-refractivity contribution < 1.29 is 14.7 Å². The van der Waals surface area contributed by atoms with Crippen LogP contribution in [0.15, 0.2) is 0 Å². The molecule has 110 valence electrons. The first-order chi connectivity index (χ1) is 8.85. The molecule has 0 saturated carbocycles. The second kappa shape index (κ2) is 7.28. The number of hydrogen-bond acceptors (Lipinski definition) is 4. The van der Waals surface area contributed by atoms with Gasteiger partial charge in [-0.1, -0.05) is 21.6 Å². The summed E-state index contributed by atoms with van der Waals surface area (Å²) in [4.78, 5) is 26.0. The van der Waals surface area contributed by atoms with Gasteiger partial charge in [-0.15, -0.1) is 0 Å². The van der Waals surface area contributed by atoms with Gasteiger partial charge in [0.15, 0.2) is 0 Å². The normalized spacial score (nSPS) is 16.6. The summed E-state index contributed by atoms with van der Waals surface area (Å²) in [7, 11) is 3.51. The Kier molecular flexibility index (Phi) is 6.32. The minimum atomic E-state index is -0.899. The van der Waals surface area contributed by atoms with E-state index >= 15 is 0 Å². The molecule has 0 unspecified atom stereocenters. The van der Waals surface area contributed by atoms with Gasteiger partial charge in [0.25, 0.3) is 0 Å². The van der Waals surface area contributed by atoms with E-state index in [2.05, 4.69) is 13.8 Å². The third-order valence-corrected chi connectivity index (χ3v) is 5.83. The number of carbonyl (C=O) groups excluding carboxylic acids is 1. The first kappa shape index (κ1) is 16.5. The quantitative estimate of drug-likeness (QED) is 0.790. The second-order valence-corrected chi connectivity index (χ2v) is 8.27. The van der Waals surface area contributed by atoms with Gasteiger partial charge in [-0.3, -0.25) is 4.79 Å². The minimum Gasteiger partial charge on any atom is -0.465 e. The van der Waals surface area contributed by atoms with Crippen LogP contribution in [0.25, 0.3) is 0 Å². The number of hydrogen-bond donors (Lipinski definition) is 1. The average Bonchev–Trinajstić information content (AvgIpc) is 2.36. The zero-order valence-electron chi connectivity index (χ0n) is 11.7. The van der Waals surface area contributed by atoms with Crippen LogP contribution in [0.1, 0.15) is 26.7 Å². The Morgan fingerprint density at radius 2 is 1.68 bits per heavy atom. The van der Waals surface area contributed by atoms with Crippen molar-refractivity contribution in [2.24, 2.45) is 0 Å². The van der Waals surface area contributed by atoms with E-state index in [9.17, 15) is 9.59 Å². The van der Waals surface area contributed by atoms with E-state index < -0.39 is 6.09 Å². The van der Waals surface area contributed by atoms with Crippen molar-refractivity contribution in [3.8, 4) is 0 Å². The Hall–Kier alpha value is -0.560. The molecule has 0 radical (unpaired) electrons. The van der Waals surface area contributed by atoms with Gasteiger partial charge < -0.3 is 14.9 Å². The highest BCUT2D eigenvalue weighted by molar-refractivity contribution is 8.76. The number of piperazine rings is 1. The smallest absolute Gasteiger partial charge is 0.407 e. The largest absolute Gasteiger partial charge is 0.465 e. The van der Waals surface area contributed by atoms with Crippen LogP contribution in [0.5, 0.6) is 0 Å². The highest BCUT2D eigenvalue weighted by Gasteiger charge is 2.25. The Labute approximate surface area is 122 Å². The van der Waals surface area contributed by atoms with Crippen molar-refractivity contribution in [2.75, 3.05) is 32.4 Å². The molecule has 0 aromatic carbocycles. The zero-order valence-corrected chi connectivity index (χ0v) is 13.4. The Balaban J connectivity index is 2.34. The molecule has 5 nitrogen and oxygen atoms in total. The third-order valence-electron chi connectivity index (χ3n) is 3.15. The molecule has 1 fully saturated rings. The summed E-state index contributed by atoms with van der Waals surface area (Å²) in [6.07, 6.45) is 2.52. The van der Waals surface area contributed by atoms with Gasteiger partial charge in [-0.05, 0) is 26.5 Å². The average molecular weight is 306 g/mol. The lowest BCUT2D eigenvalue weighted by Crippen LogP contribution is -2.50. The maximum atomic E-state index is 12.1. The fraction of sp³-hybridized carbons (Fsp3) is 0.833. The van der Waals surface area contributed by atoms with Crippen LogP contribution in [-0.4, -0.2) is 64.1 Å². The molecule has 7 heteroatoms. The van der Waals surface area contributed by atoms with Crippen LogP contribution in [0.3, 0.4) is 0 Å². The number of amides is 2. The predicted molar refractivity (Wildman–Crippen MR) is 80.6 cm³/mol. The monoisotopic (exact) mass is 306 g/mol. The predicted octanol–water partition coefficient (Wildman–Crippen LogP) is 2.38. The molecule has 0 aromatic rings. The van der Waals surface area contributed by atoms with Crippen molar-refractivity contribution in [3.63, 3.8) is 0 Å². The molecule has 1 saturated heterocycles. The molecule has 2 amide bonds. The van der Waals surface area contributed by atoms with Gasteiger partial charge in [0.2, 0.25) is 5.91 Å². The van der Waals surface area contributed by atoms with Crippen LogP contribution in [-0.2, 0) is 4.79 Å². The van der Waals surface area contributed by atoms with Gasteiger partial charge in [-0.25, -0.2) is 4.79 Å². The van der Waals surface area contributed by atoms with E-state index in [0.29, 0.717) is 32.6 Å². The standard InChI is InChI=1S/C12H22N2O3S2/c1-12(2,19-18-3)5-4-10(15)13-6-8-14(9-7-13)11(16)17/h4-9H2,1-3H3,(H,16,17). The maximum Gasteiger partial charge on any atom is 0.407 e. The lowest BCUT2D eigenvalue weighted by atomic mass is 10.1. The highest BCUT2D eigenvalue weighted by atomic mass is 33.1. The molecule has 0 atom stereocenters. The van der Waals surface area contributed by atoms with Crippen molar-refractivity contribution in [1.29, 1.82) is 0 Å². The molecule has 0 aliphatic carbocycles. The summed E-state index contributed by atoms with van der Waals surface area (Å²) >= 11 is 0. The highest BCUT2D eigenvalue weighted by Crippen LogP contribution is 2.37. The number of rotatable bonds is 5. The van der Waals surface area contributed by atoms with Gasteiger partial charge in [0.1, 0.15) is 0 Å². The van der Waals surface area contributed by atoms with E-state index in [1.807, 2.05) is 6.26 Å². The van der Waals surface area contributed by atoms with E-state index in [0.717, 1.165) is 6.42 Å². The van der Waals surface area contributed by atoms with Crippen molar-refractivity contribution in [2.45, 2.75) is 31.4 Å². The Morgan fingerprint density at radius 1 is 1.16 bits per heavy atom. The summed E-state index contributed by atoms with van der Waals surface area (Å²) in [6.45, 7) is 6.16. The fourth-order valence-corrected chi connectivity index (χ4v) is 4.22. The molecular formula is C12H22N2O3S2.